The van der Waals surface area contributed by atoms with Crippen LogP contribution in [0.2, 0.25) is 0 Å². The molecule has 0 aromatic rings. The first-order valence-electron chi connectivity index (χ1n) is 4.78. The predicted octanol–water partition coefficient (Wildman–Crippen LogP) is 0.193. The van der Waals surface area contributed by atoms with E-state index in [2.05, 4.69) is 11.9 Å². The van der Waals surface area contributed by atoms with Crippen LogP contribution in [0.3, 0.4) is 0 Å². The zero-order valence-electron chi connectivity index (χ0n) is 8.71. The molecule has 76 valence electrons. The Labute approximate surface area is 79.6 Å². The van der Waals surface area contributed by atoms with Crippen LogP contribution in [0, 0.1) is 0 Å². The van der Waals surface area contributed by atoms with Gasteiger partial charge in [-0.05, 0) is 13.8 Å². The molecule has 4 nitrogen and oxygen atoms in total. The second-order valence-corrected chi connectivity index (χ2v) is 4.24. The standard InChI is InChI=1S/C9H19N3O/c1-4-11-6-5-8(13)12(11)7-9(2,3)10/h4-7,10H2,1-3H3. The number of amides is 1. The van der Waals surface area contributed by atoms with Gasteiger partial charge in [0.25, 0.3) is 0 Å². The van der Waals surface area contributed by atoms with Gasteiger partial charge in [-0.2, -0.15) is 0 Å². The Morgan fingerprint density at radius 1 is 1.54 bits per heavy atom. The second kappa shape index (κ2) is 3.64. The molecule has 2 N–H and O–H groups in total. The molecule has 0 atom stereocenters. The van der Waals surface area contributed by atoms with E-state index in [9.17, 15) is 4.79 Å². The van der Waals surface area contributed by atoms with Gasteiger partial charge in [-0.25, -0.2) is 5.01 Å². The van der Waals surface area contributed by atoms with E-state index in [0.29, 0.717) is 13.0 Å². The molecule has 0 aromatic heterocycles. The maximum atomic E-state index is 11.5. The van der Waals surface area contributed by atoms with Crippen molar-refractivity contribution in [2.45, 2.75) is 32.7 Å². The number of carbonyl (C=O) groups is 1. The van der Waals surface area contributed by atoms with Gasteiger partial charge < -0.3 is 5.73 Å². The molecular formula is C9H19N3O. The smallest absolute Gasteiger partial charge is 0.238 e. The molecular weight excluding hydrogens is 166 g/mol. The van der Waals surface area contributed by atoms with E-state index in [1.807, 2.05) is 13.8 Å². The van der Waals surface area contributed by atoms with E-state index in [1.54, 1.807) is 5.01 Å². The highest BCUT2D eigenvalue weighted by Crippen LogP contribution is 2.14. The highest BCUT2D eigenvalue weighted by Gasteiger charge is 2.30. The largest absolute Gasteiger partial charge is 0.324 e. The highest BCUT2D eigenvalue weighted by atomic mass is 16.2. The first-order chi connectivity index (χ1) is 5.94. The maximum absolute atomic E-state index is 11.5. The van der Waals surface area contributed by atoms with Gasteiger partial charge in [0.05, 0.1) is 6.54 Å². The summed E-state index contributed by atoms with van der Waals surface area (Å²) in [7, 11) is 0. The molecule has 13 heavy (non-hydrogen) atoms. The third-order valence-corrected chi connectivity index (χ3v) is 2.14. The molecule has 1 fully saturated rings. The summed E-state index contributed by atoms with van der Waals surface area (Å²) in [6.07, 6.45) is 0.629. The van der Waals surface area contributed by atoms with Crippen molar-refractivity contribution >= 4 is 5.91 Å². The van der Waals surface area contributed by atoms with E-state index in [-0.39, 0.29) is 11.4 Å². The number of hydrogen-bond donors (Lipinski definition) is 1. The van der Waals surface area contributed by atoms with Gasteiger partial charge in [-0.1, -0.05) is 6.92 Å². The molecule has 1 rings (SSSR count). The molecule has 1 heterocycles. The van der Waals surface area contributed by atoms with Gasteiger partial charge in [-0.15, -0.1) is 0 Å². The summed E-state index contributed by atoms with van der Waals surface area (Å²) in [5.41, 5.74) is 5.56. The summed E-state index contributed by atoms with van der Waals surface area (Å²) in [5.74, 6) is 0.195. The number of nitrogens with two attached hydrogens (primary N) is 1. The summed E-state index contributed by atoms with van der Waals surface area (Å²) >= 11 is 0. The van der Waals surface area contributed by atoms with E-state index >= 15 is 0 Å². The first kappa shape index (κ1) is 10.5. The minimum atomic E-state index is -0.312. The zero-order valence-corrected chi connectivity index (χ0v) is 8.71. The quantitative estimate of drug-likeness (QED) is 0.683. The van der Waals surface area contributed by atoms with Crippen molar-refractivity contribution in [1.82, 2.24) is 10.0 Å². The van der Waals surface area contributed by atoms with Crippen molar-refractivity contribution in [3.63, 3.8) is 0 Å². The Hall–Kier alpha value is -0.610. The average Bonchev–Trinajstić information content (AvgIpc) is 2.30. The third-order valence-electron chi connectivity index (χ3n) is 2.14. The van der Waals surface area contributed by atoms with Crippen LogP contribution >= 0.6 is 0 Å². The van der Waals surface area contributed by atoms with Crippen LogP contribution in [-0.4, -0.2) is 41.1 Å². The monoisotopic (exact) mass is 185 g/mol. The lowest BCUT2D eigenvalue weighted by atomic mass is 10.1. The van der Waals surface area contributed by atoms with E-state index in [0.717, 1.165) is 13.1 Å². The number of carbonyl (C=O) groups excluding carboxylic acids is 1. The highest BCUT2D eigenvalue weighted by molar-refractivity contribution is 5.77. The number of hydrazine groups is 1. The van der Waals surface area contributed by atoms with E-state index in [4.69, 9.17) is 5.73 Å². The number of hydrogen-bond acceptors (Lipinski definition) is 3. The topological polar surface area (TPSA) is 49.6 Å². The van der Waals surface area contributed by atoms with Crippen LogP contribution in [0.4, 0.5) is 0 Å². The maximum Gasteiger partial charge on any atom is 0.238 e. The summed E-state index contributed by atoms with van der Waals surface area (Å²) in [6.45, 7) is 8.25. The minimum Gasteiger partial charge on any atom is -0.324 e. The lowest BCUT2D eigenvalue weighted by Crippen LogP contribution is -2.50. The van der Waals surface area contributed by atoms with Gasteiger partial charge in [0.15, 0.2) is 0 Å². The minimum absolute atomic E-state index is 0.195. The van der Waals surface area contributed by atoms with Crippen LogP contribution in [0.25, 0.3) is 0 Å². The normalized spacial score (nSPS) is 20.0. The van der Waals surface area contributed by atoms with Crippen molar-refractivity contribution in [3.05, 3.63) is 0 Å². The zero-order chi connectivity index (χ0) is 10.1. The van der Waals surface area contributed by atoms with Crippen molar-refractivity contribution in [1.29, 1.82) is 0 Å². The van der Waals surface area contributed by atoms with E-state index in [1.165, 1.54) is 0 Å². The molecule has 0 saturated carbocycles. The molecule has 1 aliphatic rings. The molecule has 1 saturated heterocycles. The van der Waals surface area contributed by atoms with Crippen LogP contribution in [-0.2, 0) is 4.79 Å². The fourth-order valence-corrected chi connectivity index (χ4v) is 1.54. The molecule has 0 aliphatic carbocycles. The van der Waals surface area contributed by atoms with Crippen molar-refractivity contribution in [2.75, 3.05) is 19.6 Å². The average molecular weight is 185 g/mol. The lowest BCUT2D eigenvalue weighted by molar-refractivity contribution is -0.139. The SMILES string of the molecule is CCN1CCC(=O)N1CC(C)(C)N. The fraction of sp³-hybridized carbons (Fsp3) is 0.889. The van der Waals surface area contributed by atoms with Crippen molar-refractivity contribution < 1.29 is 4.79 Å². The fourth-order valence-electron chi connectivity index (χ4n) is 1.54. The Bertz CT molecular complexity index is 198. The molecule has 0 aromatic carbocycles. The second-order valence-electron chi connectivity index (χ2n) is 4.24. The van der Waals surface area contributed by atoms with Gasteiger partial charge in [0, 0.05) is 25.0 Å². The Kier molecular flexibility index (Phi) is 2.93. The van der Waals surface area contributed by atoms with Crippen molar-refractivity contribution in [2.24, 2.45) is 5.73 Å². The summed E-state index contributed by atoms with van der Waals surface area (Å²) in [5, 5.41) is 3.83. The Morgan fingerprint density at radius 2 is 2.15 bits per heavy atom. The molecule has 0 spiro atoms. The number of nitrogens with zero attached hydrogens (tertiary/aromatic N) is 2. The van der Waals surface area contributed by atoms with Crippen LogP contribution in [0.15, 0.2) is 0 Å². The molecule has 0 radical (unpaired) electrons. The van der Waals surface area contributed by atoms with Crippen LogP contribution in [0.5, 0.6) is 0 Å². The molecule has 0 bridgehead atoms. The lowest BCUT2D eigenvalue weighted by Gasteiger charge is -2.32. The van der Waals surface area contributed by atoms with Crippen LogP contribution < -0.4 is 5.73 Å². The summed E-state index contributed by atoms with van der Waals surface area (Å²) < 4.78 is 0. The summed E-state index contributed by atoms with van der Waals surface area (Å²) in [6, 6.07) is 0. The van der Waals surface area contributed by atoms with E-state index < -0.39 is 0 Å². The Morgan fingerprint density at radius 3 is 2.62 bits per heavy atom. The predicted molar refractivity (Wildman–Crippen MR) is 51.8 cm³/mol. The van der Waals surface area contributed by atoms with Gasteiger partial charge in [-0.3, -0.25) is 9.80 Å². The van der Waals surface area contributed by atoms with Gasteiger partial charge in [0.2, 0.25) is 5.91 Å². The molecule has 1 amide bonds. The molecule has 1 aliphatic heterocycles. The first-order valence-corrected chi connectivity index (χ1v) is 4.78. The molecule has 4 heteroatoms. The number of rotatable bonds is 3. The molecule has 0 unspecified atom stereocenters. The van der Waals surface area contributed by atoms with Gasteiger partial charge >= 0.3 is 0 Å². The van der Waals surface area contributed by atoms with Crippen molar-refractivity contribution in [3.8, 4) is 0 Å². The van der Waals surface area contributed by atoms with Gasteiger partial charge in [0.1, 0.15) is 0 Å². The summed E-state index contributed by atoms with van der Waals surface area (Å²) in [4.78, 5) is 11.5. The third kappa shape index (κ3) is 2.67. The Balaban J connectivity index is 2.60. The van der Waals surface area contributed by atoms with Crippen LogP contribution in [0.1, 0.15) is 27.2 Å².